The summed E-state index contributed by atoms with van der Waals surface area (Å²) in [5.74, 6) is -4.35. The SMILES string of the molecule is CC1(C)OC[C@H]([C@H]2O[C@@H]3OC(C)(C)O[C@@H]3[C@]2(F)[C@]2(O)NC(=O)C(=P(c3ccccc3)(c3ccccc3)c3ccccc3)C2=O)O1. The largest absolute Gasteiger partial charge is 0.362 e. The van der Waals surface area contributed by atoms with Crippen molar-refractivity contribution in [2.75, 3.05) is 6.61 Å². The van der Waals surface area contributed by atoms with Gasteiger partial charge in [0.25, 0.3) is 5.91 Å². The van der Waals surface area contributed by atoms with Crippen LogP contribution in [0.15, 0.2) is 91.0 Å². The number of fused-ring (bicyclic) bond motifs is 1. The monoisotopic (exact) mass is 635 g/mol. The Morgan fingerprint density at radius 2 is 1.27 bits per heavy atom. The van der Waals surface area contributed by atoms with Gasteiger partial charge in [0.1, 0.15) is 12.2 Å². The highest BCUT2D eigenvalue weighted by atomic mass is 31.2. The van der Waals surface area contributed by atoms with E-state index in [0.717, 1.165) is 0 Å². The average molecular weight is 636 g/mol. The van der Waals surface area contributed by atoms with Crippen LogP contribution >= 0.6 is 6.89 Å². The van der Waals surface area contributed by atoms with E-state index in [1.165, 1.54) is 0 Å². The van der Waals surface area contributed by atoms with Crippen molar-refractivity contribution in [1.29, 1.82) is 0 Å². The third-order valence-corrected chi connectivity index (χ3v) is 13.2. The highest BCUT2D eigenvalue weighted by molar-refractivity contribution is 7.97. The predicted octanol–water partition coefficient (Wildman–Crippen LogP) is 2.28. The molecule has 45 heavy (non-hydrogen) atoms. The van der Waals surface area contributed by atoms with Crippen molar-refractivity contribution >= 4 is 39.8 Å². The Hall–Kier alpha value is -3.21. The van der Waals surface area contributed by atoms with Gasteiger partial charge in [-0.3, -0.25) is 9.59 Å². The van der Waals surface area contributed by atoms with Gasteiger partial charge in [0, 0.05) is 0 Å². The lowest BCUT2D eigenvalue weighted by Crippen LogP contribution is -2.72. The molecule has 7 rings (SSSR count). The zero-order valence-corrected chi connectivity index (χ0v) is 26.2. The zero-order chi connectivity index (χ0) is 31.8. The normalized spacial score (nSPS) is 33.8. The Morgan fingerprint density at radius 1 is 0.756 bits per heavy atom. The summed E-state index contributed by atoms with van der Waals surface area (Å²) in [6, 6.07) is 27.6. The molecule has 3 aromatic carbocycles. The third-order valence-electron chi connectivity index (χ3n) is 8.91. The first-order valence-corrected chi connectivity index (χ1v) is 16.7. The second-order valence-electron chi connectivity index (χ2n) is 12.6. The lowest BCUT2D eigenvalue weighted by atomic mass is 9.79. The summed E-state index contributed by atoms with van der Waals surface area (Å²) in [5, 5.41) is 16.7. The van der Waals surface area contributed by atoms with E-state index in [1.54, 1.807) is 27.7 Å². The molecule has 0 bridgehead atoms. The van der Waals surface area contributed by atoms with Crippen LogP contribution in [0, 0.1) is 0 Å². The number of amides is 1. The number of hydrogen-bond acceptors (Lipinski definition) is 8. The number of rotatable bonds is 5. The second-order valence-corrected chi connectivity index (χ2v) is 16.0. The van der Waals surface area contributed by atoms with E-state index >= 15 is 9.18 Å². The molecule has 0 unspecified atom stereocenters. The fraction of sp³-hybridized carbons (Fsp3) is 0.382. The van der Waals surface area contributed by atoms with Crippen molar-refractivity contribution in [2.24, 2.45) is 0 Å². The van der Waals surface area contributed by atoms with Gasteiger partial charge in [0.15, 0.2) is 24.0 Å². The summed E-state index contributed by atoms with van der Waals surface area (Å²) in [6.07, 6.45) is -5.54. The number of carbonyl (C=O) groups is 2. The van der Waals surface area contributed by atoms with Gasteiger partial charge in [0.2, 0.25) is 17.2 Å². The molecule has 4 fully saturated rings. The van der Waals surface area contributed by atoms with Crippen molar-refractivity contribution in [3.63, 3.8) is 0 Å². The Bertz CT molecular complexity index is 1600. The van der Waals surface area contributed by atoms with Gasteiger partial charge < -0.3 is 34.1 Å². The Balaban J connectivity index is 1.50. The van der Waals surface area contributed by atoms with Crippen LogP contribution in [0.1, 0.15) is 27.7 Å². The lowest BCUT2D eigenvalue weighted by molar-refractivity contribution is -0.259. The second kappa shape index (κ2) is 10.4. The van der Waals surface area contributed by atoms with Crippen molar-refractivity contribution in [3.8, 4) is 0 Å². The Kier molecular flexibility index (Phi) is 7.04. The van der Waals surface area contributed by atoms with Crippen LogP contribution in [0.4, 0.5) is 4.39 Å². The van der Waals surface area contributed by atoms with Gasteiger partial charge in [-0.2, -0.15) is 0 Å². The number of halogens is 1. The highest BCUT2D eigenvalue weighted by Crippen LogP contribution is 2.55. The maximum absolute atomic E-state index is 18.3. The minimum atomic E-state index is -3.32. The topological polar surface area (TPSA) is 113 Å². The summed E-state index contributed by atoms with van der Waals surface area (Å²) in [5.41, 5.74) is -6.15. The standard InChI is InChI=1S/C34H35FNO8P/c1-31(2)40-20-24(42-31)27-33(35,28-30(41-27)44-32(3,4)43-28)34(39)26(37)25(29(38)36-34)45(21-14-8-5-9-15-21,22-16-10-6-11-17-22)23-18-12-7-13-19-23/h5-19,24,27-28,30,39H,20H2,1-4H3,(H,36,38)/t24-,27-,28+,30-,33+,34+/m1/s1. The summed E-state index contributed by atoms with van der Waals surface area (Å²) in [4.78, 5) is 29.4. The van der Waals surface area contributed by atoms with E-state index < -0.39 is 66.1 Å². The van der Waals surface area contributed by atoms with E-state index in [9.17, 15) is 9.90 Å². The fourth-order valence-corrected chi connectivity index (χ4v) is 11.4. The molecule has 0 saturated carbocycles. The molecule has 0 spiro atoms. The quantitative estimate of drug-likeness (QED) is 0.411. The molecule has 6 atom stereocenters. The summed E-state index contributed by atoms with van der Waals surface area (Å²) >= 11 is 0. The smallest absolute Gasteiger partial charge is 0.258 e. The van der Waals surface area contributed by atoms with Crippen molar-refractivity contribution < 1.29 is 42.8 Å². The van der Waals surface area contributed by atoms with Gasteiger partial charge in [-0.15, -0.1) is 0 Å². The number of ether oxygens (including phenoxy) is 5. The Labute approximate surface area is 260 Å². The predicted molar refractivity (Wildman–Crippen MR) is 166 cm³/mol. The van der Waals surface area contributed by atoms with Crippen LogP contribution in [0.3, 0.4) is 0 Å². The lowest BCUT2D eigenvalue weighted by Gasteiger charge is -2.41. The van der Waals surface area contributed by atoms with Crippen LogP contribution in [0.5, 0.6) is 0 Å². The average Bonchev–Trinajstić information content (AvgIpc) is 3.70. The van der Waals surface area contributed by atoms with Crippen LogP contribution in [-0.2, 0) is 33.3 Å². The summed E-state index contributed by atoms with van der Waals surface area (Å²) in [6.45, 7) is 3.08. The van der Waals surface area contributed by atoms with Gasteiger partial charge in [-0.05, 0) is 50.5 Å². The molecule has 9 nitrogen and oxygen atoms in total. The first-order valence-electron chi connectivity index (χ1n) is 14.9. The molecule has 2 N–H and O–H groups in total. The fourth-order valence-electron chi connectivity index (χ4n) is 7.07. The maximum Gasteiger partial charge on any atom is 0.258 e. The first kappa shape index (κ1) is 30.4. The van der Waals surface area contributed by atoms with Crippen molar-refractivity contribution in [1.82, 2.24) is 5.32 Å². The van der Waals surface area contributed by atoms with Crippen LogP contribution < -0.4 is 21.2 Å². The zero-order valence-electron chi connectivity index (χ0n) is 25.3. The third kappa shape index (κ3) is 4.42. The van der Waals surface area contributed by atoms with Crippen LogP contribution in [0.25, 0.3) is 0 Å². The maximum atomic E-state index is 18.3. The summed E-state index contributed by atoms with van der Waals surface area (Å²) < 4.78 is 47.9. The van der Waals surface area contributed by atoms with Gasteiger partial charge in [0.05, 0.1) is 11.9 Å². The molecular formula is C34H35FNO8P. The molecule has 0 aromatic heterocycles. The number of aliphatic hydroxyl groups is 1. The van der Waals surface area contributed by atoms with E-state index in [0.29, 0.717) is 15.9 Å². The van der Waals surface area contributed by atoms with Crippen molar-refractivity contribution in [3.05, 3.63) is 91.0 Å². The van der Waals surface area contributed by atoms with E-state index in [4.69, 9.17) is 23.7 Å². The van der Waals surface area contributed by atoms with Crippen LogP contribution in [0.2, 0.25) is 0 Å². The number of benzene rings is 3. The molecule has 0 radical (unpaired) electrons. The molecule has 4 aliphatic rings. The number of ketones is 1. The van der Waals surface area contributed by atoms with E-state index in [-0.39, 0.29) is 11.9 Å². The number of carbonyl (C=O) groups excluding carboxylic acids is 2. The molecule has 4 saturated heterocycles. The number of hydrogen-bond donors (Lipinski definition) is 2. The van der Waals surface area contributed by atoms with E-state index in [2.05, 4.69) is 5.32 Å². The Morgan fingerprint density at radius 3 is 1.73 bits per heavy atom. The molecule has 0 aliphatic carbocycles. The number of Topliss-reactive ketones (excluding diaryl/α,β-unsaturated/α-hetero) is 1. The minimum Gasteiger partial charge on any atom is -0.362 e. The van der Waals surface area contributed by atoms with E-state index in [1.807, 2.05) is 91.0 Å². The highest BCUT2D eigenvalue weighted by Gasteiger charge is 2.79. The first-order chi connectivity index (χ1) is 21.3. The molecule has 3 aromatic rings. The number of alkyl halides is 1. The molecular weight excluding hydrogens is 600 g/mol. The van der Waals surface area contributed by atoms with Crippen molar-refractivity contribution in [2.45, 2.75) is 75.3 Å². The summed E-state index contributed by atoms with van der Waals surface area (Å²) in [7, 11) is 0. The van der Waals surface area contributed by atoms with Gasteiger partial charge >= 0.3 is 0 Å². The minimum absolute atomic E-state index is 0.0874. The van der Waals surface area contributed by atoms with Gasteiger partial charge in [-0.1, -0.05) is 91.0 Å². The van der Waals surface area contributed by atoms with Crippen LogP contribution in [-0.4, -0.2) is 76.3 Å². The molecule has 1 amide bonds. The molecule has 11 heteroatoms. The molecule has 4 aliphatic heterocycles. The molecule has 236 valence electrons. The van der Waals surface area contributed by atoms with Gasteiger partial charge in [-0.25, -0.2) is 4.39 Å². The molecule has 4 heterocycles. The number of nitrogens with one attached hydrogen (secondary N) is 1.